The van der Waals surface area contributed by atoms with Gasteiger partial charge in [0.15, 0.2) is 11.6 Å². The second kappa shape index (κ2) is 7.06. The second-order valence-electron chi connectivity index (χ2n) is 5.28. The van der Waals surface area contributed by atoms with Crippen molar-refractivity contribution in [3.05, 3.63) is 64.1 Å². The van der Waals surface area contributed by atoms with Crippen molar-refractivity contribution in [2.75, 3.05) is 6.61 Å². The Morgan fingerprint density at radius 3 is 2.76 bits per heavy atom. The molecule has 0 spiro atoms. The number of imidazole rings is 1. The molecular formula is C18H13Cl2N3O2. The van der Waals surface area contributed by atoms with E-state index in [0.29, 0.717) is 21.6 Å². The molecule has 0 aliphatic rings. The number of aliphatic hydroxyl groups excluding tert-OH is 1. The number of halogens is 2. The summed E-state index contributed by atoms with van der Waals surface area (Å²) >= 11 is 11.9. The first-order valence-electron chi connectivity index (χ1n) is 7.33. The lowest BCUT2D eigenvalue weighted by Crippen LogP contribution is -2.06. The molecule has 1 heterocycles. The Bertz CT molecular complexity index is 1020. The molecule has 0 saturated heterocycles. The Morgan fingerprint density at radius 2 is 2.04 bits per heavy atom. The molecule has 25 heavy (non-hydrogen) atoms. The predicted octanol–water partition coefficient (Wildman–Crippen LogP) is 4.75. The lowest BCUT2D eigenvalue weighted by atomic mass is 10.2. The number of nitriles is 1. The minimum atomic E-state index is -0.239. The van der Waals surface area contributed by atoms with E-state index in [1.165, 1.54) is 6.07 Å². The molecule has 0 aliphatic carbocycles. The van der Waals surface area contributed by atoms with Gasteiger partial charge in [-0.1, -0.05) is 35.3 Å². The van der Waals surface area contributed by atoms with Crippen LogP contribution in [-0.4, -0.2) is 21.3 Å². The van der Waals surface area contributed by atoms with Crippen LogP contribution in [0.3, 0.4) is 0 Å². The number of ether oxygens (including phenoxy) is 1. The van der Waals surface area contributed by atoms with Gasteiger partial charge in [0.25, 0.3) is 0 Å². The van der Waals surface area contributed by atoms with E-state index in [1.807, 2.05) is 30.3 Å². The van der Waals surface area contributed by atoms with E-state index in [4.69, 9.17) is 27.9 Å². The minimum absolute atomic E-state index is 0.0388. The minimum Gasteiger partial charge on any atom is -0.507 e. The Balaban J connectivity index is 1.93. The van der Waals surface area contributed by atoms with Crippen LogP contribution in [0.2, 0.25) is 10.0 Å². The maximum Gasteiger partial charge on any atom is 0.155 e. The lowest BCUT2D eigenvalue weighted by molar-refractivity contribution is 0.272. The number of hydrogen-bond donors (Lipinski definition) is 1. The van der Waals surface area contributed by atoms with E-state index >= 15 is 0 Å². The summed E-state index contributed by atoms with van der Waals surface area (Å²) in [6, 6.07) is 14.2. The standard InChI is InChI=1S/C18H13Cl2N3O2/c1-23-15-5-3-2-4-14(15)22-18(23)12(9-21)16(24)10-25-17-8-11(19)6-7-13(17)20/h2-8,24H,10H2,1H3/b16-12-. The zero-order chi connectivity index (χ0) is 18.0. The summed E-state index contributed by atoms with van der Waals surface area (Å²) in [7, 11) is 1.78. The molecule has 126 valence electrons. The Morgan fingerprint density at radius 1 is 1.28 bits per heavy atom. The molecule has 7 heteroatoms. The molecule has 0 unspecified atom stereocenters. The number of allylic oxidation sites excluding steroid dienone is 1. The fourth-order valence-electron chi connectivity index (χ4n) is 2.42. The third-order valence-corrected chi connectivity index (χ3v) is 4.22. The molecule has 0 amide bonds. The number of fused-ring (bicyclic) bond motifs is 1. The average molecular weight is 374 g/mol. The van der Waals surface area contributed by atoms with Gasteiger partial charge in [-0.3, -0.25) is 0 Å². The number of aliphatic hydroxyl groups is 1. The van der Waals surface area contributed by atoms with Gasteiger partial charge in [0.1, 0.15) is 24.0 Å². The Labute approximate surface area is 154 Å². The highest BCUT2D eigenvalue weighted by Gasteiger charge is 2.17. The summed E-state index contributed by atoms with van der Waals surface area (Å²) in [6.45, 7) is -0.230. The average Bonchev–Trinajstić information content (AvgIpc) is 2.93. The predicted molar refractivity (Wildman–Crippen MR) is 97.8 cm³/mol. The number of para-hydroxylation sites is 2. The first-order valence-corrected chi connectivity index (χ1v) is 8.08. The highest BCUT2D eigenvalue weighted by Crippen LogP contribution is 2.28. The van der Waals surface area contributed by atoms with Crippen molar-refractivity contribution in [2.24, 2.45) is 7.05 Å². The normalized spacial score (nSPS) is 11.9. The van der Waals surface area contributed by atoms with Gasteiger partial charge in [0.05, 0.1) is 16.1 Å². The highest BCUT2D eigenvalue weighted by molar-refractivity contribution is 6.34. The molecular weight excluding hydrogens is 361 g/mol. The quantitative estimate of drug-likeness (QED) is 0.528. The molecule has 2 aromatic carbocycles. The molecule has 3 rings (SSSR count). The van der Waals surface area contributed by atoms with Crippen LogP contribution in [0.1, 0.15) is 5.82 Å². The number of aromatic nitrogens is 2. The molecule has 0 bridgehead atoms. The molecule has 5 nitrogen and oxygen atoms in total. The second-order valence-corrected chi connectivity index (χ2v) is 6.12. The molecule has 1 N–H and O–H groups in total. The highest BCUT2D eigenvalue weighted by atomic mass is 35.5. The Hall–Kier alpha value is -2.68. The van der Waals surface area contributed by atoms with E-state index in [0.717, 1.165) is 11.0 Å². The number of rotatable bonds is 4. The number of hydrogen-bond acceptors (Lipinski definition) is 4. The van der Waals surface area contributed by atoms with Crippen LogP contribution in [-0.2, 0) is 7.05 Å². The summed E-state index contributed by atoms with van der Waals surface area (Å²) < 4.78 is 7.23. The first kappa shape index (κ1) is 17.2. The topological polar surface area (TPSA) is 71.1 Å². The number of nitrogens with zero attached hydrogens (tertiary/aromatic N) is 3. The zero-order valence-corrected chi connectivity index (χ0v) is 14.7. The van der Waals surface area contributed by atoms with Crippen LogP contribution in [0.15, 0.2) is 48.2 Å². The van der Waals surface area contributed by atoms with Gasteiger partial charge in [-0.15, -0.1) is 0 Å². The van der Waals surface area contributed by atoms with Gasteiger partial charge < -0.3 is 14.4 Å². The van der Waals surface area contributed by atoms with Crippen molar-refractivity contribution in [3.63, 3.8) is 0 Å². The van der Waals surface area contributed by atoms with Crippen molar-refractivity contribution in [1.29, 1.82) is 5.26 Å². The maximum absolute atomic E-state index is 10.3. The largest absolute Gasteiger partial charge is 0.507 e. The van der Waals surface area contributed by atoms with Crippen LogP contribution in [0.25, 0.3) is 16.6 Å². The van der Waals surface area contributed by atoms with Gasteiger partial charge >= 0.3 is 0 Å². The van der Waals surface area contributed by atoms with Crippen LogP contribution in [0.4, 0.5) is 0 Å². The third kappa shape index (κ3) is 3.41. The van der Waals surface area contributed by atoms with E-state index < -0.39 is 0 Å². The number of benzene rings is 2. The summed E-state index contributed by atoms with van der Waals surface area (Å²) in [5.41, 5.74) is 1.63. The van der Waals surface area contributed by atoms with Crippen LogP contribution < -0.4 is 4.74 Å². The van der Waals surface area contributed by atoms with Crippen molar-refractivity contribution in [1.82, 2.24) is 9.55 Å². The van der Waals surface area contributed by atoms with Crippen LogP contribution in [0.5, 0.6) is 5.75 Å². The number of aryl methyl sites for hydroxylation is 1. The van der Waals surface area contributed by atoms with Crippen LogP contribution in [0, 0.1) is 11.3 Å². The van der Waals surface area contributed by atoms with E-state index in [2.05, 4.69) is 4.98 Å². The molecule has 0 saturated carbocycles. The van der Waals surface area contributed by atoms with Gasteiger partial charge in [-0.05, 0) is 24.3 Å². The molecule has 0 fully saturated rings. The molecule has 0 aliphatic heterocycles. The fraction of sp³-hybridized carbons (Fsp3) is 0.111. The summed E-state index contributed by atoms with van der Waals surface area (Å²) in [4.78, 5) is 4.41. The van der Waals surface area contributed by atoms with Gasteiger partial charge in [0, 0.05) is 18.1 Å². The van der Waals surface area contributed by atoms with Crippen molar-refractivity contribution in [3.8, 4) is 11.8 Å². The van der Waals surface area contributed by atoms with Gasteiger partial charge in [-0.25, -0.2) is 4.98 Å². The molecule has 0 radical (unpaired) electrons. The maximum atomic E-state index is 10.3. The van der Waals surface area contributed by atoms with Crippen molar-refractivity contribution in [2.45, 2.75) is 0 Å². The first-order chi connectivity index (χ1) is 12.0. The van der Waals surface area contributed by atoms with Crippen molar-refractivity contribution >= 4 is 39.8 Å². The van der Waals surface area contributed by atoms with Gasteiger partial charge in [-0.2, -0.15) is 5.26 Å². The van der Waals surface area contributed by atoms with Crippen LogP contribution >= 0.6 is 23.2 Å². The van der Waals surface area contributed by atoms with E-state index in [1.54, 1.807) is 23.7 Å². The van der Waals surface area contributed by atoms with E-state index in [-0.39, 0.29) is 17.9 Å². The summed E-state index contributed by atoms with van der Waals surface area (Å²) in [5, 5.41) is 20.6. The monoisotopic (exact) mass is 373 g/mol. The van der Waals surface area contributed by atoms with Gasteiger partial charge in [0.2, 0.25) is 0 Å². The molecule has 0 atom stereocenters. The Kier molecular flexibility index (Phi) is 4.84. The van der Waals surface area contributed by atoms with E-state index in [9.17, 15) is 10.4 Å². The summed E-state index contributed by atoms with van der Waals surface area (Å²) in [5.74, 6) is 0.446. The lowest BCUT2D eigenvalue weighted by Gasteiger charge is -2.09. The smallest absolute Gasteiger partial charge is 0.155 e. The molecule has 3 aromatic rings. The molecule has 1 aromatic heterocycles. The summed E-state index contributed by atoms with van der Waals surface area (Å²) in [6.07, 6.45) is 0. The van der Waals surface area contributed by atoms with Crippen molar-refractivity contribution < 1.29 is 9.84 Å². The SMILES string of the molecule is Cn1c(/C(C#N)=C(\O)COc2cc(Cl)ccc2Cl)nc2ccccc21. The zero-order valence-electron chi connectivity index (χ0n) is 13.2. The fourth-order valence-corrected chi connectivity index (χ4v) is 2.75. The third-order valence-electron chi connectivity index (χ3n) is 3.67.